The van der Waals surface area contributed by atoms with Gasteiger partial charge in [-0.2, -0.15) is 0 Å². The fraction of sp³-hybridized carbons (Fsp3) is 0.571. The second-order valence-electron chi connectivity index (χ2n) is 5.16. The van der Waals surface area contributed by atoms with E-state index < -0.39 is 11.7 Å². The molecule has 0 amide bonds. The summed E-state index contributed by atoms with van der Waals surface area (Å²) in [5, 5.41) is 20.3. The largest absolute Gasteiger partial charge is 0.390 e. The molecule has 0 aliphatic heterocycles. The minimum Gasteiger partial charge on any atom is -0.390 e. The van der Waals surface area contributed by atoms with E-state index in [1.807, 2.05) is 32.0 Å². The van der Waals surface area contributed by atoms with E-state index in [9.17, 15) is 10.2 Å². The first kappa shape index (κ1) is 11.6. The summed E-state index contributed by atoms with van der Waals surface area (Å²) in [4.78, 5) is 0. The van der Waals surface area contributed by atoms with Crippen molar-refractivity contribution in [1.82, 2.24) is 0 Å². The summed E-state index contributed by atoms with van der Waals surface area (Å²) < 4.78 is 0. The van der Waals surface area contributed by atoms with Gasteiger partial charge >= 0.3 is 0 Å². The normalized spacial score (nSPS) is 27.5. The quantitative estimate of drug-likeness (QED) is 0.821. The molecule has 1 aliphatic rings. The van der Waals surface area contributed by atoms with Crippen LogP contribution in [0.25, 0.3) is 0 Å². The zero-order valence-corrected chi connectivity index (χ0v) is 9.98. The highest BCUT2D eigenvalue weighted by Gasteiger charge is 2.34. The molecule has 2 N–H and O–H groups in total. The van der Waals surface area contributed by atoms with Gasteiger partial charge in [0.05, 0.1) is 11.7 Å². The van der Waals surface area contributed by atoms with Crippen molar-refractivity contribution in [3.05, 3.63) is 35.4 Å². The van der Waals surface area contributed by atoms with Crippen molar-refractivity contribution in [2.75, 3.05) is 0 Å². The highest BCUT2D eigenvalue weighted by molar-refractivity contribution is 5.34. The van der Waals surface area contributed by atoms with Crippen LogP contribution in [0.5, 0.6) is 0 Å². The molecule has 0 heterocycles. The highest BCUT2D eigenvalue weighted by Crippen LogP contribution is 2.40. The van der Waals surface area contributed by atoms with Gasteiger partial charge in [-0.05, 0) is 43.2 Å². The first-order chi connectivity index (χ1) is 7.53. The fourth-order valence-electron chi connectivity index (χ4n) is 2.55. The van der Waals surface area contributed by atoms with E-state index in [1.54, 1.807) is 0 Å². The molecule has 2 heteroatoms. The Morgan fingerprint density at radius 1 is 1.38 bits per heavy atom. The molecule has 0 fully saturated rings. The van der Waals surface area contributed by atoms with Gasteiger partial charge in [-0.1, -0.05) is 31.2 Å². The summed E-state index contributed by atoms with van der Waals surface area (Å²) in [6.07, 6.45) is 1.87. The molecule has 1 aliphatic carbocycles. The maximum atomic E-state index is 10.2. The van der Waals surface area contributed by atoms with Gasteiger partial charge in [0.1, 0.15) is 0 Å². The lowest BCUT2D eigenvalue weighted by Gasteiger charge is -2.26. The first-order valence-corrected chi connectivity index (χ1v) is 6.02. The van der Waals surface area contributed by atoms with Crippen molar-refractivity contribution in [3.8, 4) is 0 Å². The molecule has 88 valence electrons. The summed E-state index contributed by atoms with van der Waals surface area (Å²) in [6, 6.07) is 8.02. The molecule has 0 radical (unpaired) electrons. The Balaban J connectivity index is 2.13. The van der Waals surface area contributed by atoms with Crippen LogP contribution >= 0.6 is 0 Å². The van der Waals surface area contributed by atoms with Crippen molar-refractivity contribution < 1.29 is 10.2 Å². The van der Waals surface area contributed by atoms with Gasteiger partial charge in [0.2, 0.25) is 0 Å². The number of rotatable bonds is 3. The van der Waals surface area contributed by atoms with Gasteiger partial charge in [0.15, 0.2) is 0 Å². The van der Waals surface area contributed by atoms with E-state index in [0.29, 0.717) is 6.42 Å². The lowest BCUT2D eigenvalue weighted by atomic mass is 9.87. The Morgan fingerprint density at radius 3 is 2.69 bits per heavy atom. The summed E-state index contributed by atoms with van der Waals surface area (Å²) >= 11 is 0. The first-order valence-electron chi connectivity index (χ1n) is 6.02. The second-order valence-corrected chi connectivity index (χ2v) is 5.16. The second kappa shape index (κ2) is 4.19. The molecule has 1 aromatic rings. The van der Waals surface area contributed by atoms with Crippen molar-refractivity contribution in [2.24, 2.45) is 5.92 Å². The van der Waals surface area contributed by atoms with Crippen LogP contribution in [0.2, 0.25) is 0 Å². The minimum atomic E-state index is -0.659. The fourth-order valence-corrected chi connectivity index (χ4v) is 2.55. The van der Waals surface area contributed by atoms with Crippen LogP contribution in [0.1, 0.15) is 43.9 Å². The molecule has 0 saturated heterocycles. The lowest BCUT2D eigenvalue weighted by Crippen LogP contribution is -2.28. The van der Waals surface area contributed by atoms with Crippen molar-refractivity contribution in [3.63, 3.8) is 0 Å². The predicted octanol–water partition coefficient (Wildman–Crippen LogP) is 2.44. The summed E-state index contributed by atoms with van der Waals surface area (Å²) in [5.74, 6) is 0.160. The Bertz CT molecular complexity index is 371. The number of hydrogen-bond acceptors (Lipinski definition) is 2. The molecule has 2 nitrogen and oxygen atoms in total. The van der Waals surface area contributed by atoms with Gasteiger partial charge in [-0.15, -0.1) is 0 Å². The van der Waals surface area contributed by atoms with Crippen molar-refractivity contribution in [2.45, 2.75) is 44.8 Å². The standard InChI is InChI=1S/C14H20O2/c1-3-14(2,16)9-11-8-10-6-4-5-7-12(10)13(11)15/h4-7,11,13,15-16H,3,8-9H2,1-2H3. The van der Waals surface area contributed by atoms with Crippen LogP contribution in [-0.2, 0) is 6.42 Å². The molecule has 0 saturated carbocycles. The Labute approximate surface area is 96.9 Å². The Kier molecular flexibility index (Phi) is 3.04. The zero-order chi connectivity index (χ0) is 11.8. The Morgan fingerprint density at radius 2 is 2.06 bits per heavy atom. The molecule has 0 spiro atoms. The van der Waals surface area contributed by atoms with E-state index in [1.165, 1.54) is 5.56 Å². The number of aliphatic hydroxyl groups excluding tert-OH is 1. The van der Waals surface area contributed by atoms with Crippen molar-refractivity contribution in [1.29, 1.82) is 0 Å². The molecule has 3 unspecified atom stereocenters. The lowest BCUT2D eigenvalue weighted by molar-refractivity contribution is 0.00292. The molecule has 1 aromatic carbocycles. The SMILES string of the molecule is CCC(C)(O)CC1Cc2ccccc2C1O. The molecule has 3 atom stereocenters. The number of benzene rings is 1. The molecular formula is C14H20O2. The van der Waals surface area contributed by atoms with Crippen LogP contribution in [0.3, 0.4) is 0 Å². The van der Waals surface area contributed by atoms with Gasteiger partial charge < -0.3 is 10.2 Å². The van der Waals surface area contributed by atoms with Gasteiger partial charge in [0, 0.05) is 0 Å². The van der Waals surface area contributed by atoms with E-state index in [0.717, 1.165) is 18.4 Å². The van der Waals surface area contributed by atoms with Gasteiger partial charge in [-0.25, -0.2) is 0 Å². The van der Waals surface area contributed by atoms with E-state index in [4.69, 9.17) is 0 Å². The van der Waals surface area contributed by atoms with Gasteiger partial charge in [0.25, 0.3) is 0 Å². The summed E-state index contributed by atoms with van der Waals surface area (Å²) in [6.45, 7) is 3.83. The van der Waals surface area contributed by atoms with Crippen molar-refractivity contribution >= 4 is 0 Å². The average Bonchev–Trinajstić information content (AvgIpc) is 2.56. The average molecular weight is 220 g/mol. The third-order valence-corrected chi connectivity index (χ3v) is 3.77. The summed E-state index contributed by atoms with van der Waals surface area (Å²) in [5.41, 5.74) is 1.61. The van der Waals surface area contributed by atoms with E-state index in [-0.39, 0.29) is 5.92 Å². The topological polar surface area (TPSA) is 40.5 Å². The van der Waals surface area contributed by atoms with Crippen LogP contribution in [-0.4, -0.2) is 15.8 Å². The van der Waals surface area contributed by atoms with Crippen LogP contribution in [0.15, 0.2) is 24.3 Å². The predicted molar refractivity (Wildman–Crippen MR) is 64.1 cm³/mol. The molecule has 0 bridgehead atoms. The van der Waals surface area contributed by atoms with Crippen LogP contribution in [0.4, 0.5) is 0 Å². The molecule has 0 aromatic heterocycles. The maximum Gasteiger partial charge on any atom is 0.0825 e. The molecule has 2 rings (SSSR count). The number of hydrogen-bond donors (Lipinski definition) is 2. The highest BCUT2D eigenvalue weighted by atomic mass is 16.3. The number of fused-ring (bicyclic) bond motifs is 1. The van der Waals surface area contributed by atoms with E-state index >= 15 is 0 Å². The zero-order valence-electron chi connectivity index (χ0n) is 9.98. The smallest absolute Gasteiger partial charge is 0.0825 e. The number of aliphatic hydroxyl groups is 2. The monoisotopic (exact) mass is 220 g/mol. The molecule has 16 heavy (non-hydrogen) atoms. The van der Waals surface area contributed by atoms with Crippen LogP contribution in [0, 0.1) is 5.92 Å². The minimum absolute atomic E-state index is 0.160. The van der Waals surface area contributed by atoms with E-state index in [2.05, 4.69) is 6.07 Å². The maximum absolute atomic E-state index is 10.2. The third-order valence-electron chi connectivity index (χ3n) is 3.77. The molecular weight excluding hydrogens is 200 g/mol. The van der Waals surface area contributed by atoms with Gasteiger partial charge in [-0.3, -0.25) is 0 Å². The Hall–Kier alpha value is -0.860. The third kappa shape index (κ3) is 2.13. The van der Waals surface area contributed by atoms with Crippen LogP contribution < -0.4 is 0 Å². The summed E-state index contributed by atoms with van der Waals surface area (Å²) in [7, 11) is 0.